The molecule has 2 fully saturated rings. The van der Waals surface area contributed by atoms with E-state index in [4.69, 9.17) is 0 Å². The summed E-state index contributed by atoms with van der Waals surface area (Å²) in [5.41, 5.74) is 0.699. The lowest BCUT2D eigenvalue weighted by atomic mass is 10.2. The Labute approximate surface area is 131 Å². The lowest BCUT2D eigenvalue weighted by Crippen LogP contribution is -2.46. The van der Waals surface area contributed by atoms with Crippen LogP contribution in [0.3, 0.4) is 0 Å². The van der Waals surface area contributed by atoms with Gasteiger partial charge in [0.15, 0.2) is 0 Å². The lowest BCUT2D eigenvalue weighted by molar-refractivity contribution is 0.0947. The van der Waals surface area contributed by atoms with E-state index in [0.29, 0.717) is 12.1 Å². The monoisotopic (exact) mass is 303 g/mol. The third-order valence-corrected chi connectivity index (χ3v) is 4.36. The molecule has 6 heteroatoms. The molecule has 1 aromatic heterocycles. The molecule has 0 unspecified atom stereocenters. The van der Waals surface area contributed by atoms with Gasteiger partial charge in [-0.15, -0.1) is 0 Å². The second-order valence-corrected chi connectivity index (χ2v) is 5.92. The SMILES string of the molecule is O=C(NCCN1CCNCC1)c1cccnc1N1CCCC1. The molecule has 3 rings (SSSR count). The number of hydrogen-bond acceptors (Lipinski definition) is 5. The van der Waals surface area contributed by atoms with Crippen molar-refractivity contribution in [2.24, 2.45) is 0 Å². The molecule has 3 heterocycles. The van der Waals surface area contributed by atoms with E-state index in [9.17, 15) is 4.79 Å². The number of aromatic nitrogens is 1. The molecule has 0 saturated carbocycles. The van der Waals surface area contributed by atoms with E-state index < -0.39 is 0 Å². The van der Waals surface area contributed by atoms with Gasteiger partial charge < -0.3 is 15.5 Å². The number of carbonyl (C=O) groups is 1. The molecule has 2 aliphatic rings. The Balaban J connectivity index is 1.55. The predicted molar refractivity (Wildman–Crippen MR) is 87.3 cm³/mol. The standard InChI is InChI=1S/C16H25N5O/c22-16(19-8-13-20-11-6-17-7-12-20)14-4-3-5-18-15(14)21-9-1-2-10-21/h3-5,17H,1-2,6-13H2,(H,19,22). The van der Waals surface area contributed by atoms with Crippen molar-refractivity contribution < 1.29 is 4.79 Å². The van der Waals surface area contributed by atoms with Crippen LogP contribution in [0, 0.1) is 0 Å². The number of pyridine rings is 1. The summed E-state index contributed by atoms with van der Waals surface area (Å²) in [4.78, 5) is 21.5. The van der Waals surface area contributed by atoms with Gasteiger partial charge in [-0.05, 0) is 25.0 Å². The van der Waals surface area contributed by atoms with Crippen LogP contribution in [0.1, 0.15) is 23.2 Å². The Morgan fingerprint density at radius 3 is 2.77 bits per heavy atom. The summed E-state index contributed by atoms with van der Waals surface area (Å²) in [6.45, 7) is 7.78. The summed E-state index contributed by atoms with van der Waals surface area (Å²) in [5, 5.41) is 6.38. The summed E-state index contributed by atoms with van der Waals surface area (Å²) in [6, 6.07) is 3.71. The van der Waals surface area contributed by atoms with E-state index in [1.807, 2.05) is 12.1 Å². The smallest absolute Gasteiger partial charge is 0.255 e. The summed E-state index contributed by atoms with van der Waals surface area (Å²) in [7, 11) is 0. The van der Waals surface area contributed by atoms with Crippen molar-refractivity contribution in [1.29, 1.82) is 0 Å². The fourth-order valence-electron chi connectivity index (χ4n) is 3.11. The Hall–Kier alpha value is -1.66. The first-order valence-electron chi connectivity index (χ1n) is 8.26. The van der Waals surface area contributed by atoms with Crippen LogP contribution in [0.4, 0.5) is 5.82 Å². The Kier molecular flexibility index (Phi) is 5.24. The van der Waals surface area contributed by atoms with E-state index in [0.717, 1.165) is 51.6 Å². The minimum Gasteiger partial charge on any atom is -0.356 e. The fourth-order valence-corrected chi connectivity index (χ4v) is 3.11. The van der Waals surface area contributed by atoms with Gasteiger partial charge in [-0.1, -0.05) is 0 Å². The van der Waals surface area contributed by atoms with Crippen LogP contribution >= 0.6 is 0 Å². The highest BCUT2D eigenvalue weighted by Gasteiger charge is 2.20. The van der Waals surface area contributed by atoms with Crippen LogP contribution < -0.4 is 15.5 Å². The number of piperazine rings is 1. The van der Waals surface area contributed by atoms with E-state index in [2.05, 4.69) is 25.4 Å². The van der Waals surface area contributed by atoms with Crippen molar-refractivity contribution in [3.05, 3.63) is 23.9 Å². The molecule has 0 aliphatic carbocycles. The zero-order valence-electron chi connectivity index (χ0n) is 13.1. The maximum absolute atomic E-state index is 12.5. The summed E-state index contributed by atoms with van der Waals surface area (Å²) >= 11 is 0. The van der Waals surface area contributed by atoms with Gasteiger partial charge in [-0.3, -0.25) is 9.69 Å². The second-order valence-electron chi connectivity index (χ2n) is 5.92. The van der Waals surface area contributed by atoms with E-state index >= 15 is 0 Å². The van der Waals surface area contributed by atoms with Crippen LogP contribution in [0.5, 0.6) is 0 Å². The van der Waals surface area contributed by atoms with E-state index in [1.54, 1.807) is 6.20 Å². The highest BCUT2D eigenvalue weighted by atomic mass is 16.1. The largest absolute Gasteiger partial charge is 0.356 e. The van der Waals surface area contributed by atoms with Crippen molar-refractivity contribution in [1.82, 2.24) is 20.5 Å². The summed E-state index contributed by atoms with van der Waals surface area (Å²) < 4.78 is 0. The maximum atomic E-state index is 12.5. The average Bonchev–Trinajstić information content (AvgIpc) is 3.10. The predicted octanol–water partition coefficient (Wildman–Crippen LogP) is 0.317. The van der Waals surface area contributed by atoms with Crippen LogP contribution in [0.2, 0.25) is 0 Å². The van der Waals surface area contributed by atoms with Crippen LogP contribution in [0.15, 0.2) is 18.3 Å². The number of hydrogen-bond donors (Lipinski definition) is 2. The topological polar surface area (TPSA) is 60.5 Å². The molecule has 0 spiro atoms. The second kappa shape index (κ2) is 7.56. The molecule has 2 saturated heterocycles. The molecule has 0 atom stereocenters. The number of rotatable bonds is 5. The molecule has 2 aliphatic heterocycles. The minimum atomic E-state index is -0.00913. The van der Waals surface area contributed by atoms with Crippen LogP contribution in [0.25, 0.3) is 0 Å². The fraction of sp³-hybridized carbons (Fsp3) is 0.625. The van der Waals surface area contributed by atoms with Crippen LogP contribution in [-0.2, 0) is 0 Å². The van der Waals surface area contributed by atoms with Crippen molar-refractivity contribution in [2.75, 3.05) is 57.3 Å². The highest BCUT2D eigenvalue weighted by Crippen LogP contribution is 2.21. The van der Waals surface area contributed by atoms with Gasteiger partial charge in [0.1, 0.15) is 5.82 Å². The Morgan fingerprint density at radius 2 is 2.00 bits per heavy atom. The number of amides is 1. The van der Waals surface area contributed by atoms with Crippen molar-refractivity contribution >= 4 is 11.7 Å². The average molecular weight is 303 g/mol. The van der Waals surface area contributed by atoms with Crippen molar-refractivity contribution in [3.8, 4) is 0 Å². The molecule has 0 bridgehead atoms. The van der Waals surface area contributed by atoms with Crippen LogP contribution in [-0.4, -0.2) is 68.1 Å². The van der Waals surface area contributed by atoms with Crippen molar-refractivity contribution in [3.63, 3.8) is 0 Å². The van der Waals surface area contributed by atoms with Crippen molar-refractivity contribution in [2.45, 2.75) is 12.8 Å². The van der Waals surface area contributed by atoms with Gasteiger partial charge >= 0.3 is 0 Å². The number of nitrogens with zero attached hydrogens (tertiary/aromatic N) is 3. The highest BCUT2D eigenvalue weighted by molar-refractivity contribution is 5.98. The zero-order valence-corrected chi connectivity index (χ0v) is 13.1. The summed E-state index contributed by atoms with van der Waals surface area (Å²) in [6.07, 6.45) is 4.13. The normalized spacial score (nSPS) is 19.4. The first-order valence-corrected chi connectivity index (χ1v) is 8.26. The van der Waals surface area contributed by atoms with Gasteiger partial charge in [0.2, 0.25) is 0 Å². The molecule has 120 valence electrons. The Bertz CT molecular complexity index is 495. The van der Waals surface area contributed by atoms with Gasteiger partial charge in [0.05, 0.1) is 5.56 Å². The summed E-state index contributed by atoms with van der Waals surface area (Å²) in [5.74, 6) is 0.824. The molecule has 1 aromatic rings. The first kappa shape index (κ1) is 15.2. The molecular weight excluding hydrogens is 278 g/mol. The number of anilines is 1. The molecule has 22 heavy (non-hydrogen) atoms. The molecule has 0 radical (unpaired) electrons. The van der Waals surface area contributed by atoms with Gasteiger partial charge in [-0.25, -0.2) is 4.98 Å². The Morgan fingerprint density at radius 1 is 1.23 bits per heavy atom. The van der Waals surface area contributed by atoms with Gasteiger partial charge in [0.25, 0.3) is 5.91 Å². The minimum absolute atomic E-state index is 0.00913. The zero-order chi connectivity index (χ0) is 15.2. The quantitative estimate of drug-likeness (QED) is 0.820. The van der Waals surface area contributed by atoms with E-state index in [1.165, 1.54) is 12.8 Å². The van der Waals surface area contributed by atoms with Gasteiger partial charge in [0, 0.05) is 58.6 Å². The molecule has 2 N–H and O–H groups in total. The third kappa shape index (κ3) is 3.75. The number of carbonyl (C=O) groups excluding carboxylic acids is 1. The third-order valence-electron chi connectivity index (χ3n) is 4.36. The molecule has 6 nitrogen and oxygen atoms in total. The first-order chi connectivity index (χ1) is 10.8. The lowest BCUT2D eigenvalue weighted by Gasteiger charge is -2.27. The van der Waals surface area contributed by atoms with E-state index in [-0.39, 0.29) is 5.91 Å². The van der Waals surface area contributed by atoms with Gasteiger partial charge in [-0.2, -0.15) is 0 Å². The number of nitrogens with one attached hydrogen (secondary N) is 2. The maximum Gasteiger partial charge on any atom is 0.255 e. The molecule has 1 amide bonds. The molecular formula is C16H25N5O. The molecule has 0 aromatic carbocycles.